The summed E-state index contributed by atoms with van der Waals surface area (Å²) >= 11 is 0. The molecule has 2 aliphatic rings. The Bertz CT molecular complexity index is 111. The molecule has 0 aromatic heterocycles. The summed E-state index contributed by atoms with van der Waals surface area (Å²) in [6.07, 6.45) is 1.74. The Hall–Kier alpha value is -0.160. The van der Waals surface area contributed by atoms with Gasteiger partial charge in [-0.15, -0.1) is 0 Å². The van der Waals surface area contributed by atoms with Gasteiger partial charge in [0.25, 0.3) is 0 Å². The van der Waals surface area contributed by atoms with Crippen molar-refractivity contribution in [3.05, 3.63) is 6.67 Å². The van der Waals surface area contributed by atoms with Gasteiger partial charge in [0.15, 0.2) is 0 Å². The molecule has 12 heavy (non-hydrogen) atoms. The van der Waals surface area contributed by atoms with Crippen LogP contribution in [0, 0.1) is 12.6 Å². The summed E-state index contributed by atoms with van der Waals surface area (Å²) in [6, 6.07) is 0. The Labute approximate surface area is 73.5 Å². The lowest BCUT2D eigenvalue weighted by molar-refractivity contribution is 0.243. The Balaban J connectivity index is 1.80. The second kappa shape index (κ2) is 4.18. The fourth-order valence-electron chi connectivity index (χ4n) is 1.81. The molecule has 4 N–H and O–H groups in total. The largest absolute Gasteiger partial charge is 0.302 e. The lowest BCUT2D eigenvalue weighted by Gasteiger charge is -2.34. The van der Waals surface area contributed by atoms with E-state index in [1.807, 2.05) is 6.67 Å². The molecule has 0 aliphatic carbocycles. The molecule has 0 saturated carbocycles. The van der Waals surface area contributed by atoms with Crippen LogP contribution in [-0.2, 0) is 0 Å². The SMILES string of the molecule is [CH]1NCC(C2NCCCN2)CN1. The van der Waals surface area contributed by atoms with E-state index in [1.54, 1.807) is 0 Å². The predicted molar refractivity (Wildman–Crippen MR) is 48.2 cm³/mol. The normalized spacial score (nSPS) is 29.0. The van der Waals surface area contributed by atoms with Crippen LogP contribution in [0.2, 0.25) is 0 Å². The summed E-state index contributed by atoms with van der Waals surface area (Å²) in [7, 11) is 0. The number of rotatable bonds is 1. The van der Waals surface area contributed by atoms with Gasteiger partial charge in [0.2, 0.25) is 0 Å². The predicted octanol–water partition coefficient (Wildman–Crippen LogP) is -1.18. The van der Waals surface area contributed by atoms with Crippen molar-refractivity contribution in [2.24, 2.45) is 5.92 Å². The van der Waals surface area contributed by atoms with Gasteiger partial charge in [0, 0.05) is 19.0 Å². The average molecular weight is 169 g/mol. The smallest absolute Gasteiger partial charge is 0.0866 e. The van der Waals surface area contributed by atoms with E-state index in [1.165, 1.54) is 6.42 Å². The molecule has 0 bridgehead atoms. The number of hydrogen-bond acceptors (Lipinski definition) is 4. The molecule has 0 aromatic rings. The third-order valence-corrected chi connectivity index (χ3v) is 2.52. The van der Waals surface area contributed by atoms with Gasteiger partial charge in [-0.2, -0.15) is 0 Å². The maximum absolute atomic E-state index is 3.48. The van der Waals surface area contributed by atoms with Crippen LogP contribution in [-0.4, -0.2) is 32.3 Å². The second-order valence-electron chi connectivity index (χ2n) is 3.46. The molecule has 0 aromatic carbocycles. The highest BCUT2D eigenvalue weighted by Gasteiger charge is 2.23. The molecule has 69 valence electrons. The maximum atomic E-state index is 3.48. The van der Waals surface area contributed by atoms with Crippen molar-refractivity contribution in [2.45, 2.75) is 12.6 Å². The fourth-order valence-corrected chi connectivity index (χ4v) is 1.81. The van der Waals surface area contributed by atoms with Gasteiger partial charge in [-0.25, -0.2) is 0 Å². The van der Waals surface area contributed by atoms with Crippen LogP contribution in [0.1, 0.15) is 6.42 Å². The van der Waals surface area contributed by atoms with Crippen molar-refractivity contribution in [1.29, 1.82) is 0 Å². The Kier molecular flexibility index (Phi) is 2.94. The minimum atomic E-state index is 0.493. The van der Waals surface area contributed by atoms with Gasteiger partial charge in [-0.05, 0) is 19.5 Å². The lowest BCUT2D eigenvalue weighted by Crippen LogP contribution is -2.58. The van der Waals surface area contributed by atoms with E-state index in [0.29, 0.717) is 12.1 Å². The van der Waals surface area contributed by atoms with Crippen LogP contribution < -0.4 is 21.3 Å². The Morgan fingerprint density at radius 2 is 1.67 bits per heavy atom. The standard InChI is InChI=1S/C8H17N4/c1-2-11-8(12-3-1)7-4-9-6-10-5-7/h6-12H,1-5H2. The van der Waals surface area contributed by atoms with Gasteiger partial charge in [0.1, 0.15) is 0 Å². The molecule has 0 unspecified atom stereocenters. The van der Waals surface area contributed by atoms with Crippen LogP contribution in [0.25, 0.3) is 0 Å². The first-order chi connectivity index (χ1) is 5.97. The fraction of sp³-hybridized carbons (Fsp3) is 0.875. The molecule has 2 fully saturated rings. The molecule has 4 heteroatoms. The van der Waals surface area contributed by atoms with Gasteiger partial charge in [-0.3, -0.25) is 10.6 Å². The van der Waals surface area contributed by atoms with Crippen LogP contribution in [0.15, 0.2) is 0 Å². The molecule has 4 nitrogen and oxygen atoms in total. The highest BCUT2D eigenvalue weighted by atomic mass is 15.2. The number of hydrogen-bond donors (Lipinski definition) is 4. The van der Waals surface area contributed by atoms with E-state index in [0.717, 1.165) is 26.2 Å². The molecule has 0 amide bonds. The monoisotopic (exact) mass is 169 g/mol. The molecular formula is C8H17N4. The quantitative estimate of drug-likeness (QED) is 0.399. The van der Waals surface area contributed by atoms with E-state index >= 15 is 0 Å². The molecule has 0 spiro atoms. The first-order valence-electron chi connectivity index (χ1n) is 4.72. The summed E-state index contributed by atoms with van der Waals surface area (Å²) in [4.78, 5) is 0. The van der Waals surface area contributed by atoms with Crippen LogP contribution >= 0.6 is 0 Å². The molecule has 0 atom stereocenters. The third-order valence-electron chi connectivity index (χ3n) is 2.52. The van der Waals surface area contributed by atoms with E-state index in [-0.39, 0.29) is 0 Å². The van der Waals surface area contributed by atoms with Crippen LogP contribution in [0.5, 0.6) is 0 Å². The Morgan fingerprint density at radius 1 is 1.00 bits per heavy atom. The zero-order valence-corrected chi connectivity index (χ0v) is 7.27. The first-order valence-corrected chi connectivity index (χ1v) is 4.72. The summed E-state index contributed by atoms with van der Waals surface area (Å²) in [6.45, 7) is 6.37. The van der Waals surface area contributed by atoms with E-state index in [4.69, 9.17) is 0 Å². The minimum absolute atomic E-state index is 0.493. The van der Waals surface area contributed by atoms with Crippen molar-refractivity contribution in [1.82, 2.24) is 21.3 Å². The third kappa shape index (κ3) is 1.95. The van der Waals surface area contributed by atoms with E-state index < -0.39 is 0 Å². The van der Waals surface area contributed by atoms with Crippen molar-refractivity contribution in [3.63, 3.8) is 0 Å². The number of nitrogens with one attached hydrogen (secondary N) is 4. The molecule has 1 radical (unpaired) electrons. The van der Waals surface area contributed by atoms with E-state index in [2.05, 4.69) is 21.3 Å². The highest BCUT2D eigenvalue weighted by Crippen LogP contribution is 2.05. The van der Waals surface area contributed by atoms with Crippen molar-refractivity contribution in [2.75, 3.05) is 26.2 Å². The molecule has 2 rings (SSSR count). The maximum Gasteiger partial charge on any atom is 0.0866 e. The molecule has 2 saturated heterocycles. The summed E-state index contributed by atoms with van der Waals surface area (Å²) in [5.41, 5.74) is 0. The van der Waals surface area contributed by atoms with Crippen LogP contribution in [0.4, 0.5) is 0 Å². The minimum Gasteiger partial charge on any atom is -0.302 e. The molecule has 2 heterocycles. The topological polar surface area (TPSA) is 48.1 Å². The zero-order chi connectivity index (χ0) is 8.23. The van der Waals surface area contributed by atoms with E-state index in [9.17, 15) is 0 Å². The van der Waals surface area contributed by atoms with Gasteiger partial charge < -0.3 is 10.6 Å². The first kappa shape index (κ1) is 8.44. The molecule has 2 aliphatic heterocycles. The highest BCUT2D eigenvalue weighted by molar-refractivity contribution is 4.85. The van der Waals surface area contributed by atoms with Gasteiger partial charge >= 0.3 is 0 Å². The van der Waals surface area contributed by atoms with Crippen molar-refractivity contribution in [3.8, 4) is 0 Å². The van der Waals surface area contributed by atoms with Crippen molar-refractivity contribution < 1.29 is 0 Å². The Morgan fingerprint density at radius 3 is 2.33 bits per heavy atom. The van der Waals surface area contributed by atoms with Crippen LogP contribution in [0.3, 0.4) is 0 Å². The summed E-state index contributed by atoms with van der Waals surface area (Å²) in [5, 5.41) is 13.4. The summed E-state index contributed by atoms with van der Waals surface area (Å²) < 4.78 is 0. The lowest BCUT2D eigenvalue weighted by atomic mass is 10.0. The summed E-state index contributed by atoms with van der Waals surface area (Å²) in [5.74, 6) is 0.662. The zero-order valence-electron chi connectivity index (χ0n) is 7.27. The average Bonchev–Trinajstić information content (AvgIpc) is 2.21. The molecular weight excluding hydrogens is 152 g/mol. The van der Waals surface area contributed by atoms with Crippen molar-refractivity contribution >= 4 is 0 Å². The van der Waals surface area contributed by atoms with Gasteiger partial charge in [0.05, 0.1) is 12.8 Å². The van der Waals surface area contributed by atoms with Gasteiger partial charge in [-0.1, -0.05) is 0 Å². The second-order valence-corrected chi connectivity index (χ2v) is 3.46.